The van der Waals surface area contributed by atoms with Crippen LogP contribution in [0.15, 0.2) is 182 Å². The van der Waals surface area contributed by atoms with Crippen LogP contribution in [0, 0.1) is 0 Å². The summed E-state index contributed by atoms with van der Waals surface area (Å²) in [5, 5.41) is 6.79. The van der Waals surface area contributed by atoms with E-state index < -0.39 is 0 Å². The first-order chi connectivity index (χ1) is 27.2. The Bertz CT molecular complexity index is 2870. The number of ether oxygens (including phenoxy) is 1. The minimum atomic E-state index is -0.0625. The van der Waals surface area contributed by atoms with Gasteiger partial charge in [-0.1, -0.05) is 158 Å². The van der Waals surface area contributed by atoms with E-state index >= 15 is 0 Å². The van der Waals surface area contributed by atoms with Gasteiger partial charge in [-0.05, 0) is 80.2 Å². The maximum Gasteiger partial charge on any atom is 0.164 e. The Morgan fingerprint density at radius 3 is 1.76 bits per heavy atom. The lowest BCUT2D eigenvalue weighted by atomic mass is 9.73. The van der Waals surface area contributed by atoms with Gasteiger partial charge in [0, 0.05) is 33.6 Å². The fraction of sp³-hybridized carbons (Fsp3) is 0.0784. The highest BCUT2D eigenvalue weighted by Crippen LogP contribution is 2.54. The van der Waals surface area contributed by atoms with E-state index in [0.717, 1.165) is 50.4 Å². The maximum atomic E-state index is 6.91. The molecule has 3 unspecified atom stereocenters. The van der Waals surface area contributed by atoms with Gasteiger partial charge in [0.1, 0.15) is 11.9 Å². The number of rotatable bonds is 5. The van der Waals surface area contributed by atoms with Crippen molar-refractivity contribution >= 4 is 32.3 Å². The molecule has 0 saturated heterocycles. The van der Waals surface area contributed by atoms with Crippen LogP contribution in [-0.2, 0) is 0 Å². The first kappa shape index (κ1) is 31.6. The summed E-state index contributed by atoms with van der Waals surface area (Å²) in [6.07, 6.45) is 5.43. The number of allylic oxidation sites excluding steroid dienone is 1. The molecular formula is C51H35N3O. The molecule has 0 fully saturated rings. The van der Waals surface area contributed by atoms with Crippen molar-refractivity contribution in [2.45, 2.75) is 24.4 Å². The molecule has 2 heterocycles. The summed E-state index contributed by atoms with van der Waals surface area (Å²) in [5.74, 6) is 3.29. The quantitative estimate of drug-likeness (QED) is 0.167. The van der Waals surface area contributed by atoms with Crippen molar-refractivity contribution in [1.82, 2.24) is 15.0 Å². The molecule has 8 aromatic carbocycles. The molecule has 0 spiro atoms. The monoisotopic (exact) mass is 705 g/mol. The Balaban J connectivity index is 1.10. The predicted octanol–water partition coefficient (Wildman–Crippen LogP) is 12.6. The van der Waals surface area contributed by atoms with Crippen molar-refractivity contribution in [3.63, 3.8) is 0 Å². The van der Waals surface area contributed by atoms with E-state index in [9.17, 15) is 0 Å². The Labute approximate surface area is 319 Å². The van der Waals surface area contributed by atoms with Crippen LogP contribution in [-0.4, -0.2) is 21.1 Å². The van der Waals surface area contributed by atoms with Crippen LogP contribution >= 0.6 is 0 Å². The van der Waals surface area contributed by atoms with Gasteiger partial charge >= 0.3 is 0 Å². The van der Waals surface area contributed by atoms with E-state index in [1.54, 1.807) is 0 Å². The summed E-state index contributed by atoms with van der Waals surface area (Å²) in [5.41, 5.74) is 7.87. The van der Waals surface area contributed by atoms with E-state index in [0.29, 0.717) is 17.5 Å². The molecule has 11 rings (SSSR count). The third-order valence-corrected chi connectivity index (χ3v) is 11.5. The zero-order chi connectivity index (χ0) is 36.3. The van der Waals surface area contributed by atoms with Crippen molar-refractivity contribution in [2.75, 3.05) is 0 Å². The zero-order valence-corrected chi connectivity index (χ0v) is 30.0. The molecule has 0 radical (unpaired) electrons. The average Bonchev–Trinajstić information content (AvgIpc) is 3.65. The van der Waals surface area contributed by atoms with Crippen molar-refractivity contribution < 1.29 is 4.74 Å². The second-order valence-electron chi connectivity index (χ2n) is 14.7. The molecule has 55 heavy (non-hydrogen) atoms. The smallest absolute Gasteiger partial charge is 0.164 e. The molecule has 9 aromatic rings. The Kier molecular flexibility index (Phi) is 7.41. The van der Waals surface area contributed by atoms with Gasteiger partial charge < -0.3 is 4.74 Å². The van der Waals surface area contributed by atoms with Gasteiger partial charge in [0.2, 0.25) is 0 Å². The lowest BCUT2D eigenvalue weighted by Crippen LogP contribution is -2.25. The molecule has 1 aromatic heterocycles. The molecule has 0 bridgehead atoms. The maximum absolute atomic E-state index is 6.91. The number of aromatic nitrogens is 3. The van der Waals surface area contributed by atoms with E-state index in [2.05, 4.69) is 182 Å². The number of nitrogens with zero attached hydrogens (tertiary/aromatic N) is 3. The third-order valence-electron chi connectivity index (χ3n) is 11.5. The Morgan fingerprint density at radius 1 is 0.455 bits per heavy atom. The number of hydrogen-bond acceptors (Lipinski definition) is 4. The second-order valence-corrected chi connectivity index (χ2v) is 14.7. The SMILES string of the molecule is C1=CC2Oc3c(cc(-c4nc(-c5ccc6ccccc6c5)nc(-c5ccc6ccccc6c5)n4)c4ccccc34)C2C(c2cccc(-c3ccccc3)c2)C1. The minimum absolute atomic E-state index is 0.0625. The molecule has 1 aliphatic heterocycles. The van der Waals surface area contributed by atoms with Gasteiger partial charge in [0.15, 0.2) is 17.5 Å². The molecule has 0 amide bonds. The number of hydrogen-bond donors (Lipinski definition) is 0. The zero-order valence-electron chi connectivity index (χ0n) is 30.0. The van der Waals surface area contributed by atoms with Gasteiger partial charge in [0.05, 0.1) is 0 Å². The summed E-state index contributed by atoms with van der Waals surface area (Å²) in [6, 6.07) is 60.3. The van der Waals surface area contributed by atoms with Crippen LogP contribution in [0.4, 0.5) is 0 Å². The lowest BCUT2D eigenvalue weighted by Gasteiger charge is -2.30. The molecular weight excluding hydrogens is 671 g/mol. The topological polar surface area (TPSA) is 47.9 Å². The fourth-order valence-corrected chi connectivity index (χ4v) is 8.77. The Morgan fingerprint density at radius 2 is 1.05 bits per heavy atom. The van der Waals surface area contributed by atoms with E-state index in [1.807, 2.05) is 0 Å². The normalized spacial score (nSPS) is 17.3. The average molecular weight is 706 g/mol. The van der Waals surface area contributed by atoms with Crippen LogP contribution in [0.1, 0.15) is 29.4 Å². The van der Waals surface area contributed by atoms with Crippen LogP contribution in [0.25, 0.3) is 77.6 Å². The first-order valence-corrected chi connectivity index (χ1v) is 19.0. The van der Waals surface area contributed by atoms with Crippen LogP contribution in [0.3, 0.4) is 0 Å². The minimum Gasteiger partial charge on any atom is -0.485 e. The summed E-state index contributed by atoms with van der Waals surface area (Å²) in [6.45, 7) is 0. The summed E-state index contributed by atoms with van der Waals surface area (Å²) < 4.78 is 6.91. The highest BCUT2D eigenvalue weighted by atomic mass is 16.5. The highest BCUT2D eigenvalue weighted by Gasteiger charge is 2.42. The molecule has 4 heteroatoms. The molecule has 4 nitrogen and oxygen atoms in total. The molecule has 1 aliphatic carbocycles. The largest absolute Gasteiger partial charge is 0.485 e. The molecule has 260 valence electrons. The second kappa shape index (κ2) is 12.9. The molecule has 0 N–H and O–H groups in total. The standard InChI is InChI=1S/C51H35N3O/c1-2-12-32(13-3-1)37-18-10-19-38(28-37)41-22-11-23-46-47(41)45-31-44(42-20-8-9-21-43(42)48(45)55-46)51-53-49(39-26-24-33-14-4-6-16-35(33)29-39)52-50(54-51)40-27-25-34-15-5-7-17-36(34)30-40/h1-21,23-31,41,46-47H,22H2. The van der Waals surface area contributed by atoms with Crippen molar-refractivity contribution in [3.05, 3.63) is 193 Å². The summed E-state index contributed by atoms with van der Waals surface area (Å²) >= 11 is 0. The van der Waals surface area contributed by atoms with E-state index in [-0.39, 0.29) is 17.9 Å². The van der Waals surface area contributed by atoms with E-state index in [1.165, 1.54) is 33.0 Å². The first-order valence-electron chi connectivity index (χ1n) is 19.0. The lowest BCUT2D eigenvalue weighted by molar-refractivity contribution is 0.234. The predicted molar refractivity (Wildman–Crippen MR) is 224 cm³/mol. The van der Waals surface area contributed by atoms with Crippen molar-refractivity contribution in [2.24, 2.45) is 0 Å². The van der Waals surface area contributed by atoms with Crippen LogP contribution < -0.4 is 4.74 Å². The van der Waals surface area contributed by atoms with Gasteiger partial charge in [-0.15, -0.1) is 0 Å². The summed E-state index contributed by atoms with van der Waals surface area (Å²) in [4.78, 5) is 15.7. The third kappa shape index (κ3) is 5.49. The van der Waals surface area contributed by atoms with E-state index in [4.69, 9.17) is 19.7 Å². The van der Waals surface area contributed by atoms with Gasteiger partial charge in [-0.3, -0.25) is 0 Å². The fourth-order valence-electron chi connectivity index (χ4n) is 8.77. The molecule has 3 atom stereocenters. The number of fused-ring (bicyclic) bond motifs is 7. The van der Waals surface area contributed by atoms with Crippen molar-refractivity contribution in [1.29, 1.82) is 0 Å². The van der Waals surface area contributed by atoms with Crippen LogP contribution in [0.5, 0.6) is 5.75 Å². The highest BCUT2D eigenvalue weighted by molar-refractivity contribution is 6.01. The van der Waals surface area contributed by atoms with Gasteiger partial charge in [0.25, 0.3) is 0 Å². The molecule has 2 aliphatic rings. The van der Waals surface area contributed by atoms with Crippen LogP contribution in [0.2, 0.25) is 0 Å². The number of benzene rings is 8. The van der Waals surface area contributed by atoms with Gasteiger partial charge in [-0.25, -0.2) is 15.0 Å². The Hall–Kier alpha value is -6.91. The molecule has 0 saturated carbocycles. The summed E-state index contributed by atoms with van der Waals surface area (Å²) in [7, 11) is 0. The van der Waals surface area contributed by atoms with Crippen molar-refractivity contribution in [3.8, 4) is 51.0 Å². The van der Waals surface area contributed by atoms with Gasteiger partial charge in [-0.2, -0.15) is 0 Å².